The number of carboxylic acids is 1. The number of carbonyl (C=O) groups is 3. The zero-order valence-electron chi connectivity index (χ0n) is 10.6. The number of rotatable bonds is 4. The maximum atomic E-state index is 11.8. The zero-order chi connectivity index (χ0) is 14.5. The first-order valence-corrected chi connectivity index (χ1v) is 6.13. The number of aliphatic carboxylic acids is 1. The Bertz CT molecular complexity index is 554. The Morgan fingerprint density at radius 1 is 1.10 bits per heavy atom. The molecule has 104 valence electrons. The topological polar surface area (TPSA) is 95.5 Å². The van der Waals surface area contributed by atoms with Gasteiger partial charge in [-0.25, -0.2) is 4.79 Å². The monoisotopic (exact) mass is 274 g/mol. The van der Waals surface area contributed by atoms with E-state index < -0.39 is 11.9 Å². The van der Waals surface area contributed by atoms with Crippen LogP contribution in [0.2, 0.25) is 0 Å². The lowest BCUT2D eigenvalue weighted by atomic mass is 10.1. The van der Waals surface area contributed by atoms with E-state index in [1.165, 1.54) is 0 Å². The molecule has 1 saturated carbocycles. The molecule has 0 radical (unpaired) electrons. The predicted molar refractivity (Wildman–Crippen MR) is 70.4 cm³/mol. The van der Waals surface area contributed by atoms with E-state index in [2.05, 4.69) is 10.9 Å². The molecule has 1 aliphatic carbocycles. The van der Waals surface area contributed by atoms with Gasteiger partial charge in [0.15, 0.2) is 0 Å². The third-order valence-corrected chi connectivity index (χ3v) is 3.04. The molecule has 1 aromatic rings. The molecule has 3 N–H and O–H groups in total. The third-order valence-electron chi connectivity index (χ3n) is 3.04. The molecule has 2 rings (SSSR count). The van der Waals surface area contributed by atoms with Gasteiger partial charge < -0.3 is 5.11 Å². The standard InChI is InChI=1S/C14H14N2O4/c17-12(6-7-13(18)19)15-16-14(20)11-8-10(11)9-4-2-1-3-5-9/h1-7,10-11H,8H2,(H,15,17)(H,16,20)(H,18,19)/t10-,11+/m1/s1. The Hall–Kier alpha value is -2.63. The number of benzene rings is 1. The van der Waals surface area contributed by atoms with Crippen molar-refractivity contribution >= 4 is 17.8 Å². The number of hydrogen-bond donors (Lipinski definition) is 3. The smallest absolute Gasteiger partial charge is 0.328 e. The summed E-state index contributed by atoms with van der Waals surface area (Å²) in [6.07, 6.45) is 2.28. The van der Waals surface area contributed by atoms with Gasteiger partial charge in [-0.3, -0.25) is 20.4 Å². The summed E-state index contributed by atoms with van der Waals surface area (Å²) in [5, 5.41) is 8.34. The van der Waals surface area contributed by atoms with Gasteiger partial charge in [-0.15, -0.1) is 0 Å². The minimum atomic E-state index is -1.22. The van der Waals surface area contributed by atoms with Crippen molar-refractivity contribution < 1.29 is 19.5 Å². The summed E-state index contributed by atoms with van der Waals surface area (Å²) in [6.45, 7) is 0. The molecule has 0 unspecified atom stereocenters. The molecule has 0 aromatic heterocycles. The third kappa shape index (κ3) is 3.68. The fraction of sp³-hybridized carbons (Fsp3) is 0.214. The van der Waals surface area contributed by atoms with E-state index in [4.69, 9.17) is 5.11 Å². The van der Waals surface area contributed by atoms with Crippen molar-refractivity contribution in [1.29, 1.82) is 0 Å². The zero-order valence-corrected chi connectivity index (χ0v) is 10.6. The number of amides is 2. The van der Waals surface area contributed by atoms with Gasteiger partial charge in [-0.05, 0) is 17.9 Å². The van der Waals surface area contributed by atoms with Gasteiger partial charge in [0.05, 0.1) is 0 Å². The van der Waals surface area contributed by atoms with E-state index in [1.54, 1.807) is 0 Å². The summed E-state index contributed by atoms with van der Waals surface area (Å²) in [7, 11) is 0. The van der Waals surface area contributed by atoms with Crippen molar-refractivity contribution in [2.75, 3.05) is 0 Å². The van der Waals surface area contributed by atoms with Crippen molar-refractivity contribution in [2.45, 2.75) is 12.3 Å². The fourth-order valence-corrected chi connectivity index (χ4v) is 1.96. The highest BCUT2D eigenvalue weighted by Crippen LogP contribution is 2.47. The van der Waals surface area contributed by atoms with Gasteiger partial charge in [-0.1, -0.05) is 30.3 Å². The van der Waals surface area contributed by atoms with Crippen LogP contribution in [0.5, 0.6) is 0 Å². The van der Waals surface area contributed by atoms with Crippen molar-refractivity contribution in [3.8, 4) is 0 Å². The predicted octanol–water partition coefficient (Wildman–Crippen LogP) is 0.578. The van der Waals surface area contributed by atoms with E-state index in [0.717, 1.165) is 18.1 Å². The van der Waals surface area contributed by atoms with E-state index in [-0.39, 0.29) is 17.7 Å². The molecule has 0 bridgehead atoms. The van der Waals surface area contributed by atoms with E-state index >= 15 is 0 Å². The average molecular weight is 274 g/mol. The lowest BCUT2D eigenvalue weighted by Crippen LogP contribution is -2.41. The molecule has 1 aromatic carbocycles. The minimum absolute atomic E-state index is 0.152. The Morgan fingerprint density at radius 2 is 1.80 bits per heavy atom. The van der Waals surface area contributed by atoms with E-state index in [1.807, 2.05) is 30.3 Å². The summed E-state index contributed by atoms with van der Waals surface area (Å²) in [4.78, 5) is 33.1. The highest BCUT2D eigenvalue weighted by molar-refractivity contribution is 5.95. The lowest BCUT2D eigenvalue weighted by Gasteiger charge is -2.04. The van der Waals surface area contributed by atoms with Crippen LogP contribution in [0, 0.1) is 5.92 Å². The van der Waals surface area contributed by atoms with Gasteiger partial charge in [0.25, 0.3) is 5.91 Å². The molecule has 2 amide bonds. The molecular weight excluding hydrogens is 260 g/mol. The first kappa shape index (κ1) is 13.8. The van der Waals surface area contributed by atoms with Crippen LogP contribution in [0.3, 0.4) is 0 Å². The Balaban J connectivity index is 1.77. The first-order chi connectivity index (χ1) is 9.58. The van der Waals surface area contributed by atoms with Crippen LogP contribution in [-0.2, 0) is 14.4 Å². The Morgan fingerprint density at radius 3 is 2.45 bits per heavy atom. The number of nitrogens with one attached hydrogen (secondary N) is 2. The maximum Gasteiger partial charge on any atom is 0.328 e. The molecule has 0 spiro atoms. The Kier molecular flexibility index (Phi) is 4.14. The van der Waals surface area contributed by atoms with Crippen molar-refractivity contribution in [3.63, 3.8) is 0 Å². The maximum absolute atomic E-state index is 11.8. The Labute approximate surface area is 115 Å². The largest absolute Gasteiger partial charge is 0.478 e. The fourth-order valence-electron chi connectivity index (χ4n) is 1.96. The molecule has 1 aliphatic rings. The SMILES string of the molecule is O=C(O)C=CC(=O)NNC(=O)[C@H]1C[C@@H]1c1ccccc1. The number of carbonyl (C=O) groups excluding carboxylic acids is 2. The van der Waals surface area contributed by atoms with Gasteiger partial charge in [0, 0.05) is 18.1 Å². The second kappa shape index (κ2) is 6.01. The van der Waals surface area contributed by atoms with Gasteiger partial charge >= 0.3 is 5.97 Å². The average Bonchev–Trinajstić information content (AvgIpc) is 3.24. The number of carboxylic acid groups (broad SMARTS) is 1. The molecule has 0 aliphatic heterocycles. The van der Waals surface area contributed by atoms with E-state index in [0.29, 0.717) is 6.08 Å². The number of hydrogen-bond acceptors (Lipinski definition) is 3. The van der Waals surface area contributed by atoms with Gasteiger partial charge in [0.1, 0.15) is 0 Å². The normalized spacial score (nSPS) is 20.4. The molecule has 6 nitrogen and oxygen atoms in total. The van der Waals surface area contributed by atoms with Crippen molar-refractivity contribution in [1.82, 2.24) is 10.9 Å². The second-order valence-corrected chi connectivity index (χ2v) is 4.51. The van der Waals surface area contributed by atoms with E-state index in [9.17, 15) is 14.4 Å². The highest BCUT2D eigenvalue weighted by Gasteiger charge is 2.43. The molecule has 6 heteroatoms. The summed E-state index contributed by atoms with van der Waals surface area (Å²) >= 11 is 0. The van der Waals surface area contributed by atoms with Gasteiger partial charge in [0.2, 0.25) is 5.91 Å². The molecule has 2 atom stereocenters. The minimum Gasteiger partial charge on any atom is -0.478 e. The van der Waals surface area contributed by atoms with Gasteiger partial charge in [-0.2, -0.15) is 0 Å². The molecule has 0 saturated heterocycles. The quantitative estimate of drug-likeness (QED) is 0.553. The van der Waals surface area contributed by atoms with Crippen LogP contribution in [0.4, 0.5) is 0 Å². The highest BCUT2D eigenvalue weighted by atomic mass is 16.4. The van der Waals surface area contributed by atoms with Crippen molar-refractivity contribution in [3.05, 3.63) is 48.0 Å². The van der Waals surface area contributed by atoms with Crippen LogP contribution >= 0.6 is 0 Å². The second-order valence-electron chi connectivity index (χ2n) is 4.51. The van der Waals surface area contributed by atoms with Crippen LogP contribution < -0.4 is 10.9 Å². The molecule has 0 heterocycles. The summed E-state index contributed by atoms with van der Waals surface area (Å²) in [6, 6.07) is 9.68. The summed E-state index contributed by atoms with van der Waals surface area (Å²) < 4.78 is 0. The van der Waals surface area contributed by atoms with Crippen LogP contribution in [0.15, 0.2) is 42.5 Å². The summed E-state index contributed by atoms with van der Waals surface area (Å²) in [5.41, 5.74) is 5.53. The van der Waals surface area contributed by atoms with Crippen LogP contribution in [-0.4, -0.2) is 22.9 Å². The lowest BCUT2D eigenvalue weighted by molar-refractivity contribution is -0.131. The summed E-state index contributed by atoms with van der Waals surface area (Å²) in [5.74, 6) is -2.14. The molecule has 20 heavy (non-hydrogen) atoms. The molecule has 1 fully saturated rings. The number of hydrazine groups is 1. The van der Waals surface area contributed by atoms with Crippen LogP contribution in [0.1, 0.15) is 17.9 Å². The molecular formula is C14H14N2O4. The van der Waals surface area contributed by atoms with Crippen LogP contribution in [0.25, 0.3) is 0 Å². The first-order valence-electron chi connectivity index (χ1n) is 6.13. The van der Waals surface area contributed by atoms with Crippen molar-refractivity contribution in [2.24, 2.45) is 5.92 Å².